The molecule has 1 aromatic rings. The van der Waals surface area contributed by atoms with E-state index in [2.05, 4.69) is 27.3 Å². The van der Waals surface area contributed by atoms with Gasteiger partial charge in [0.25, 0.3) is 0 Å². The Bertz CT molecular complexity index is 788. The van der Waals surface area contributed by atoms with E-state index in [-0.39, 0.29) is 42.0 Å². The van der Waals surface area contributed by atoms with Crippen LogP contribution in [0.1, 0.15) is 76.3 Å². The fourth-order valence-electron chi connectivity index (χ4n) is 4.53. The number of carbonyl (C=O) groups excluding carboxylic acids is 1. The lowest BCUT2D eigenvalue weighted by molar-refractivity contribution is 0.00928. The van der Waals surface area contributed by atoms with Crippen molar-refractivity contribution in [3.8, 4) is 0 Å². The highest BCUT2D eigenvalue weighted by atomic mass is 127. The topological polar surface area (TPSA) is 83.2 Å². The maximum Gasteiger partial charge on any atom is 0.410 e. The molecule has 33 heavy (non-hydrogen) atoms. The predicted octanol–water partition coefficient (Wildman–Crippen LogP) is 4.70. The minimum Gasteiger partial charge on any atom is -0.444 e. The minimum absolute atomic E-state index is 0. The summed E-state index contributed by atoms with van der Waals surface area (Å²) < 4.78 is 11.0. The molecule has 1 atom stereocenters. The molecule has 0 spiro atoms. The summed E-state index contributed by atoms with van der Waals surface area (Å²) >= 11 is 0. The molecule has 188 valence electrons. The van der Waals surface area contributed by atoms with Gasteiger partial charge in [0.1, 0.15) is 11.4 Å². The second-order valence-electron chi connectivity index (χ2n) is 10.4. The molecule has 2 heterocycles. The molecular formula is C24H42IN5O3. The molecular weight excluding hydrogens is 533 g/mol. The Hall–Kier alpha value is -1.52. The Morgan fingerprint density at radius 3 is 2.39 bits per heavy atom. The van der Waals surface area contributed by atoms with Crippen molar-refractivity contribution in [3.05, 3.63) is 17.0 Å². The molecule has 1 saturated carbocycles. The number of aromatic nitrogens is 1. The van der Waals surface area contributed by atoms with Crippen molar-refractivity contribution >= 4 is 36.0 Å². The first-order chi connectivity index (χ1) is 15.1. The lowest BCUT2D eigenvalue weighted by atomic mass is 9.99. The number of guanidine groups is 1. The normalized spacial score (nSPS) is 18.5. The Morgan fingerprint density at radius 2 is 1.91 bits per heavy atom. The van der Waals surface area contributed by atoms with Crippen molar-refractivity contribution in [2.45, 2.75) is 84.8 Å². The van der Waals surface area contributed by atoms with Crippen molar-refractivity contribution in [1.82, 2.24) is 20.3 Å². The standard InChI is InChI=1S/C24H41N5O3.HI/c1-16(21-17(2)27-32-18(21)3)14-26-22(25-7)28-12-10-20(11-13-28)29(15-19-8-9-19)23(30)31-24(4,5)6;/h16,19-20H,8-15H2,1-7H3,(H,25,26);1H. The van der Waals surface area contributed by atoms with Crippen LogP contribution in [0.3, 0.4) is 0 Å². The highest BCUT2D eigenvalue weighted by Crippen LogP contribution is 2.32. The van der Waals surface area contributed by atoms with E-state index >= 15 is 0 Å². The number of halogens is 1. The number of piperidine rings is 1. The molecule has 0 aromatic carbocycles. The first kappa shape index (κ1) is 27.7. The second kappa shape index (κ2) is 11.8. The maximum atomic E-state index is 12.9. The van der Waals surface area contributed by atoms with Gasteiger partial charge in [-0.15, -0.1) is 24.0 Å². The van der Waals surface area contributed by atoms with Gasteiger partial charge in [0.05, 0.1) is 5.69 Å². The summed E-state index contributed by atoms with van der Waals surface area (Å²) in [5, 5.41) is 7.60. The molecule has 0 bridgehead atoms. The molecule has 1 aromatic heterocycles. The number of hydrogen-bond acceptors (Lipinski definition) is 5. The number of likely N-dealkylation sites (tertiary alicyclic amines) is 1. The van der Waals surface area contributed by atoms with Crippen LogP contribution >= 0.6 is 24.0 Å². The van der Waals surface area contributed by atoms with E-state index in [1.807, 2.05) is 46.6 Å². The van der Waals surface area contributed by atoms with Crippen molar-refractivity contribution in [1.29, 1.82) is 0 Å². The number of carbonyl (C=O) groups is 1. The number of aryl methyl sites for hydroxylation is 2. The Kier molecular flexibility index (Phi) is 9.87. The van der Waals surface area contributed by atoms with Gasteiger partial charge in [0.15, 0.2) is 5.96 Å². The Balaban J connectivity index is 0.00000385. The van der Waals surface area contributed by atoms with E-state index in [0.717, 1.165) is 56.4 Å². The van der Waals surface area contributed by atoms with E-state index in [4.69, 9.17) is 9.26 Å². The van der Waals surface area contributed by atoms with Gasteiger partial charge in [0, 0.05) is 50.7 Å². The van der Waals surface area contributed by atoms with Gasteiger partial charge in [-0.05, 0) is 66.2 Å². The first-order valence-corrected chi connectivity index (χ1v) is 12.0. The molecule has 8 nitrogen and oxygen atoms in total. The number of ether oxygens (including phenoxy) is 1. The molecule has 1 unspecified atom stereocenters. The summed E-state index contributed by atoms with van der Waals surface area (Å²) in [5.41, 5.74) is 1.65. The zero-order chi connectivity index (χ0) is 23.5. The number of nitrogens with zero attached hydrogens (tertiary/aromatic N) is 4. The minimum atomic E-state index is -0.469. The molecule has 0 radical (unpaired) electrons. The highest BCUT2D eigenvalue weighted by molar-refractivity contribution is 14.0. The fraction of sp³-hybridized carbons (Fsp3) is 0.792. The summed E-state index contributed by atoms with van der Waals surface area (Å²) in [6.45, 7) is 15.2. The first-order valence-electron chi connectivity index (χ1n) is 12.0. The average Bonchev–Trinajstić information content (AvgIpc) is 3.48. The van der Waals surface area contributed by atoms with Crippen LogP contribution in [0.5, 0.6) is 0 Å². The molecule has 9 heteroatoms. The van der Waals surface area contributed by atoms with Crippen LogP contribution in [0.25, 0.3) is 0 Å². The van der Waals surface area contributed by atoms with Gasteiger partial charge in [-0.1, -0.05) is 12.1 Å². The summed E-state index contributed by atoms with van der Waals surface area (Å²) in [4.78, 5) is 21.7. The third kappa shape index (κ3) is 7.75. The van der Waals surface area contributed by atoms with Gasteiger partial charge in [-0.3, -0.25) is 4.99 Å². The lowest BCUT2D eigenvalue weighted by Gasteiger charge is -2.40. The van der Waals surface area contributed by atoms with Gasteiger partial charge in [-0.2, -0.15) is 0 Å². The summed E-state index contributed by atoms with van der Waals surface area (Å²) in [6, 6.07) is 0.223. The number of nitrogens with one attached hydrogen (secondary N) is 1. The molecule has 1 saturated heterocycles. The van der Waals surface area contributed by atoms with Crippen molar-refractivity contribution in [3.63, 3.8) is 0 Å². The van der Waals surface area contributed by atoms with Gasteiger partial charge in [-0.25, -0.2) is 4.79 Å². The molecule has 2 aliphatic rings. The van der Waals surface area contributed by atoms with Crippen LogP contribution in [0.4, 0.5) is 4.79 Å². The molecule has 1 N–H and O–H groups in total. The van der Waals surface area contributed by atoms with E-state index in [1.54, 1.807) is 0 Å². The summed E-state index contributed by atoms with van der Waals surface area (Å²) in [7, 11) is 1.83. The van der Waals surface area contributed by atoms with Crippen molar-refractivity contribution in [2.75, 3.05) is 33.2 Å². The van der Waals surface area contributed by atoms with Crippen LogP contribution in [0.2, 0.25) is 0 Å². The lowest BCUT2D eigenvalue weighted by Crippen LogP contribution is -2.52. The molecule has 3 rings (SSSR count). The van der Waals surface area contributed by atoms with Crippen LogP contribution < -0.4 is 5.32 Å². The monoisotopic (exact) mass is 575 g/mol. The van der Waals surface area contributed by atoms with Crippen molar-refractivity contribution in [2.24, 2.45) is 10.9 Å². The summed E-state index contributed by atoms with van der Waals surface area (Å²) in [5.74, 6) is 2.70. The van der Waals surface area contributed by atoms with E-state index in [1.165, 1.54) is 18.4 Å². The number of amides is 1. The van der Waals surface area contributed by atoms with Crippen LogP contribution in [-0.2, 0) is 4.74 Å². The maximum absolute atomic E-state index is 12.9. The van der Waals surface area contributed by atoms with Crippen LogP contribution in [-0.4, -0.2) is 71.9 Å². The quantitative estimate of drug-likeness (QED) is 0.301. The largest absolute Gasteiger partial charge is 0.444 e. The molecule has 2 fully saturated rings. The van der Waals surface area contributed by atoms with Crippen LogP contribution in [0.15, 0.2) is 9.52 Å². The van der Waals surface area contributed by atoms with E-state index < -0.39 is 5.60 Å². The zero-order valence-corrected chi connectivity index (χ0v) is 23.6. The molecule has 1 amide bonds. The Morgan fingerprint density at radius 1 is 1.27 bits per heavy atom. The predicted molar refractivity (Wildman–Crippen MR) is 141 cm³/mol. The highest BCUT2D eigenvalue weighted by Gasteiger charge is 2.35. The third-order valence-corrected chi connectivity index (χ3v) is 6.34. The number of hydrogen-bond donors (Lipinski definition) is 1. The second-order valence-corrected chi connectivity index (χ2v) is 10.4. The van der Waals surface area contributed by atoms with Gasteiger partial charge >= 0.3 is 6.09 Å². The van der Waals surface area contributed by atoms with E-state index in [9.17, 15) is 4.79 Å². The average molecular weight is 576 g/mol. The Labute approximate surface area is 215 Å². The fourth-order valence-corrected chi connectivity index (χ4v) is 4.53. The molecule has 1 aliphatic carbocycles. The number of aliphatic imine (C=N–C) groups is 1. The van der Waals surface area contributed by atoms with Gasteiger partial charge < -0.3 is 24.4 Å². The summed E-state index contributed by atoms with van der Waals surface area (Å²) in [6.07, 6.45) is 4.12. The van der Waals surface area contributed by atoms with Crippen LogP contribution in [0, 0.1) is 19.8 Å². The smallest absolute Gasteiger partial charge is 0.410 e. The number of rotatable bonds is 6. The SMILES string of the molecule is CN=C(NCC(C)c1c(C)noc1C)N1CCC(N(CC2CC2)C(=O)OC(C)(C)C)CC1.I. The van der Waals surface area contributed by atoms with Gasteiger partial charge in [0.2, 0.25) is 0 Å². The molecule has 1 aliphatic heterocycles. The zero-order valence-electron chi connectivity index (χ0n) is 21.3. The third-order valence-electron chi connectivity index (χ3n) is 6.34. The van der Waals surface area contributed by atoms with E-state index in [0.29, 0.717) is 5.92 Å². The van der Waals surface area contributed by atoms with Crippen molar-refractivity contribution < 1.29 is 14.1 Å².